The molecule has 0 aromatic heterocycles. The minimum Gasteiger partial charge on any atom is -0.465 e. The molecule has 1 aliphatic carbocycles. The highest BCUT2D eigenvalue weighted by Gasteiger charge is 2.29. The maximum Gasteiger partial charge on any atom is 0.407 e. The van der Waals surface area contributed by atoms with E-state index in [1.54, 1.807) is 0 Å². The van der Waals surface area contributed by atoms with Crippen LogP contribution in [0.2, 0.25) is 0 Å². The van der Waals surface area contributed by atoms with Crippen LogP contribution >= 0.6 is 0 Å². The molecule has 0 spiro atoms. The van der Waals surface area contributed by atoms with Gasteiger partial charge in [0.2, 0.25) is 0 Å². The van der Waals surface area contributed by atoms with Crippen molar-refractivity contribution in [2.24, 2.45) is 0 Å². The monoisotopic (exact) mass is 416 g/mol. The quantitative estimate of drug-likeness (QED) is 0.508. The van der Waals surface area contributed by atoms with Crippen LogP contribution in [0.5, 0.6) is 0 Å². The van der Waals surface area contributed by atoms with E-state index in [-0.39, 0.29) is 18.1 Å². The van der Waals surface area contributed by atoms with Crippen molar-refractivity contribution in [2.45, 2.75) is 77.5 Å². The number of hydrogen-bond donors (Lipinski definition) is 1. The highest BCUT2D eigenvalue weighted by Crippen LogP contribution is 2.32. The van der Waals surface area contributed by atoms with Gasteiger partial charge >= 0.3 is 12.1 Å². The van der Waals surface area contributed by atoms with Crippen LogP contribution < -0.4 is 10.2 Å². The smallest absolute Gasteiger partial charge is 0.407 e. The van der Waals surface area contributed by atoms with Crippen molar-refractivity contribution >= 4 is 17.7 Å². The molecule has 0 saturated heterocycles. The van der Waals surface area contributed by atoms with Crippen LogP contribution in [-0.2, 0) is 15.9 Å². The Balaban J connectivity index is 2.12. The first-order valence-corrected chi connectivity index (χ1v) is 10.8. The Hall–Kier alpha value is -2.50. The van der Waals surface area contributed by atoms with Gasteiger partial charge in [-0.25, -0.2) is 9.59 Å². The van der Waals surface area contributed by atoms with Gasteiger partial charge in [0.25, 0.3) is 0 Å². The number of amides is 1. The number of allylic oxidation sites excluding steroid dienone is 1. The maximum atomic E-state index is 12.3. The number of rotatable bonds is 7. The minimum atomic E-state index is -0.494. The molecule has 1 fully saturated rings. The molecule has 1 aromatic rings. The number of esters is 1. The maximum absolute atomic E-state index is 12.3. The van der Waals surface area contributed by atoms with Gasteiger partial charge in [-0.2, -0.15) is 0 Å². The molecule has 0 radical (unpaired) electrons. The molecule has 6 nitrogen and oxygen atoms in total. The summed E-state index contributed by atoms with van der Waals surface area (Å²) in [6.07, 6.45) is 5.79. The highest BCUT2D eigenvalue weighted by molar-refractivity contribution is 5.93. The lowest BCUT2D eigenvalue weighted by Crippen LogP contribution is -2.45. The molecule has 0 bridgehead atoms. The third-order valence-corrected chi connectivity index (χ3v) is 5.41. The van der Waals surface area contributed by atoms with Crippen LogP contribution in [-0.4, -0.2) is 43.4 Å². The Kier molecular flexibility index (Phi) is 8.33. The van der Waals surface area contributed by atoms with Gasteiger partial charge in [0, 0.05) is 24.3 Å². The second kappa shape index (κ2) is 10.5. The normalized spacial score (nSPS) is 19.0. The van der Waals surface area contributed by atoms with Gasteiger partial charge in [-0.3, -0.25) is 0 Å². The van der Waals surface area contributed by atoms with Gasteiger partial charge in [-0.05, 0) is 77.5 Å². The van der Waals surface area contributed by atoms with E-state index in [2.05, 4.69) is 29.8 Å². The van der Waals surface area contributed by atoms with E-state index in [0.29, 0.717) is 18.0 Å². The van der Waals surface area contributed by atoms with Gasteiger partial charge in [0.05, 0.1) is 12.7 Å². The van der Waals surface area contributed by atoms with Crippen molar-refractivity contribution in [1.29, 1.82) is 0 Å². The summed E-state index contributed by atoms with van der Waals surface area (Å²) in [7, 11) is 1.41. The lowest BCUT2D eigenvalue weighted by molar-refractivity contribution is 0.0490. The Labute approximate surface area is 180 Å². The van der Waals surface area contributed by atoms with Crippen molar-refractivity contribution < 1.29 is 19.1 Å². The second-order valence-corrected chi connectivity index (χ2v) is 8.73. The molecular weight excluding hydrogens is 380 g/mol. The first-order chi connectivity index (χ1) is 14.2. The van der Waals surface area contributed by atoms with E-state index in [9.17, 15) is 9.59 Å². The Morgan fingerprint density at radius 1 is 1.23 bits per heavy atom. The molecular formula is C24H36N2O4. The summed E-state index contributed by atoms with van der Waals surface area (Å²) in [4.78, 5) is 26.7. The molecule has 1 N–H and O–H groups in total. The van der Waals surface area contributed by atoms with Crippen molar-refractivity contribution in [2.75, 3.05) is 18.6 Å². The number of hydrogen-bond acceptors (Lipinski definition) is 5. The summed E-state index contributed by atoms with van der Waals surface area (Å²) in [6, 6.07) is 6.27. The Morgan fingerprint density at radius 2 is 1.90 bits per heavy atom. The third kappa shape index (κ3) is 6.25. The molecule has 1 aromatic carbocycles. The topological polar surface area (TPSA) is 67.9 Å². The van der Waals surface area contributed by atoms with Crippen LogP contribution in [0.3, 0.4) is 0 Å². The van der Waals surface area contributed by atoms with Gasteiger partial charge < -0.3 is 19.7 Å². The number of anilines is 1. The fourth-order valence-corrected chi connectivity index (χ4v) is 4.14. The average molecular weight is 417 g/mol. The summed E-state index contributed by atoms with van der Waals surface area (Å²) in [5.41, 5.74) is 2.11. The summed E-state index contributed by atoms with van der Waals surface area (Å²) in [6.45, 7) is 12.4. The summed E-state index contributed by atoms with van der Waals surface area (Å²) in [5.74, 6) is -0.324. The van der Waals surface area contributed by atoms with Crippen molar-refractivity contribution in [3.05, 3.63) is 42.0 Å². The van der Waals surface area contributed by atoms with Gasteiger partial charge in [0.1, 0.15) is 5.60 Å². The van der Waals surface area contributed by atoms with Crippen LogP contribution in [0.1, 0.15) is 69.3 Å². The third-order valence-electron chi connectivity index (χ3n) is 5.41. The Morgan fingerprint density at radius 3 is 2.43 bits per heavy atom. The molecule has 0 unspecified atom stereocenters. The van der Waals surface area contributed by atoms with Gasteiger partial charge in [-0.15, -0.1) is 6.58 Å². The molecule has 30 heavy (non-hydrogen) atoms. The van der Waals surface area contributed by atoms with E-state index in [4.69, 9.17) is 9.47 Å². The number of ether oxygens (including phenoxy) is 2. The molecule has 6 heteroatoms. The fourth-order valence-electron chi connectivity index (χ4n) is 4.14. The van der Waals surface area contributed by atoms with E-state index in [1.165, 1.54) is 7.11 Å². The van der Waals surface area contributed by atoms with E-state index in [0.717, 1.165) is 43.5 Å². The second-order valence-electron chi connectivity index (χ2n) is 8.73. The van der Waals surface area contributed by atoms with Crippen LogP contribution in [0.25, 0.3) is 0 Å². The van der Waals surface area contributed by atoms with Crippen LogP contribution in [0.4, 0.5) is 10.5 Å². The lowest BCUT2D eigenvalue weighted by atomic mass is 9.89. The zero-order valence-electron chi connectivity index (χ0n) is 19.0. The first-order valence-electron chi connectivity index (χ1n) is 10.8. The fraction of sp³-hybridized carbons (Fsp3) is 0.583. The standard InChI is InChI=1S/C24H36N2O4/c1-7-10-19-20(22(27)29-6)11-9-12-21(19)26(8-2)18-15-13-17(14-16-18)25-23(28)30-24(3,4)5/h7,9,11-12,17-18H,1,8,10,13-16H2,2-6H3,(H,25,28)/t17-,18+. The van der Waals surface area contributed by atoms with Crippen molar-refractivity contribution in [1.82, 2.24) is 5.32 Å². The van der Waals surface area contributed by atoms with Crippen molar-refractivity contribution in [3.63, 3.8) is 0 Å². The summed E-state index contributed by atoms with van der Waals surface area (Å²) in [5, 5.41) is 3.00. The minimum absolute atomic E-state index is 0.129. The number of carbonyl (C=O) groups excluding carboxylic acids is 2. The SMILES string of the molecule is C=CCc1c(C(=O)OC)cccc1N(CC)[C@H]1CC[C@@H](NC(=O)OC(C)(C)C)CC1. The average Bonchev–Trinajstić information content (AvgIpc) is 2.69. The number of alkyl carbamates (subject to hydrolysis) is 1. The zero-order chi connectivity index (χ0) is 22.3. The number of methoxy groups -OCH3 is 1. The van der Waals surface area contributed by atoms with Crippen molar-refractivity contribution in [3.8, 4) is 0 Å². The molecule has 0 aliphatic heterocycles. The molecule has 2 rings (SSSR count). The van der Waals surface area contributed by atoms with Gasteiger partial charge in [-0.1, -0.05) is 12.1 Å². The summed E-state index contributed by atoms with van der Waals surface area (Å²) >= 11 is 0. The largest absolute Gasteiger partial charge is 0.465 e. The molecule has 1 amide bonds. The van der Waals surface area contributed by atoms with Gasteiger partial charge in [0.15, 0.2) is 0 Å². The molecule has 0 atom stereocenters. The van der Waals surface area contributed by atoms with E-state index >= 15 is 0 Å². The number of carbonyl (C=O) groups is 2. The summed E-state index contributed by atoms with van der Waals surface area (Å²) < 4.78 is 10.4. The predicted octanol–water partition coefficient (Wildman–Crippen LogP) is 4.86. The highest BCUT2D eigenvalue weighted by atomic mass is 16.6. The number of nitrogens with zero attached hydrogens (tertiary/aromatic N) is 1. The lowest BCUT2D eigenvalue weighted by Gasteiger charge is -2.39. The molecule has 1 saturated carbocycles. The Bertz CT molecular complexity index is 746. The predicted molar refractivity (Wildman–Crippen MR) is 120 cm³/mol. The number of benzene rings is 1. The molecule has 0 heterocycles. The number of nitrogens with one attached hydrogen (secondary N) is 1. The molecule has 1 aliphatic rings. The van der Waals surface area contributed by atoms with Crippen LogP contribution in [0, 0.1) is 0 Å². The van der Waals surface area contributed by atoms with Crippen LogP contribution in [0.15, 0.2) is 30.9 Å². The van der Waals surface area contributed by atoms with E-state index < -0.39 is 5.60 Å². The zero-order valence-corrected chi connectivity index (χ0v) is 19.0. The molecule has 166 valence electrons. The first kappa shape index (κ1) is 23.8. The van der Waals surface area contributed by atoms with E-state index in [1.807, 2.05) is 39.0 Å².